The number of hydrogen-bond acceptors (Lipinski definition) is 0. The van der Waals surface area contributed by atoms with Crippen molar-refractivity contribution in [1.82, 2.24) is 0 Å². The molecule has 0 amide bonds. The van der Waals surface area contributed by atoms with Crippen LogP contribution in [-0.4, -0.2) is 6.16 Å². The fourth-order valence-electron chi connectivity index (χ4n) is 4.36. The highest BCUT2D eigenvalue weighted by Crippen LogP contribution is 2.37. The van der Waals surface area contributed by atoms with Crippen molar-refractivity contribution < 1.29 is 0 Å². The van der Waals surface area contributed by atoms with Crippen molar-refractivity contribution in [3.63, 3.8) is 0 Å². The van der Waals surface area contributed by atoms with Crippen molar-refractivity contribution in [2.24, 2.45) is 5.41 Å². The van der Waals surface area contributed by atoms with Crippen LogP contribution in [-0.2, 0) is 19.3 Å². The lowest BCUT2D eigenvalue weighted by atomic mass is 9.69. The summed E-state index contributed by atoms with van der Waals surface area (Å²) in [6.07, 6.45) is 9.84. The van der Waals surface area contributed by atoms with Crippen LogP contribution in [0.25, 0.3) is 0 Å². The molecule has 3 aromatic rings. The Hall–Kier alpha value is -1.18. The van der Waals surface area contributed by atoms with E-state index in [9.17, 15) is 0 Å². The summed E-state index contributed by atoms with van der Waals surface area (Å²) in [5, 5.41) is 0. The molecule has 1 atom stereocenters. The smallest absolute Gasteiger partial charge is 0.0176 e. The number of hydrogen-bond donors (Lipinski definition) is 0. The molecule has 0 radical (unpaired) electrons. The van der Waals surface area contributed by atoms with Gasteiger partial charge in [0.1, 0.15) is 0 Å². The van der Waals surface area contributed by atoms with Crippen LogP contribution in [0.1, 0.15) is 42.4 Å². The monoisotopic (exact) mass is 516 g/mol. The zero-order valence-corrected chi connectivity index (χ0v) is 20.8. The molecule has 3 rings (SSSR count). The molecule has 0 spiro atoms. The molecule has 0 aliphatic carbocycles. The van der Waals surface area contributed by atoms with Gasteiger partial charge in [0.15, 0.2) is 0 Å². The first-order valence-electron chi connectivity index (χ1n) is 10.6. The highest BCUT2D eigenvalue weighted by atomic mass is 127. The van der Waals surface area contributed by atoms with E-state index in [-0.39, 0.29) is 29.4 Å². The summed E-state index contributed by atoms with van der Waals surface area (Å²) in [6.45, 7) is 0. The molecular formula is C27H34IP. The third-order valence-electron chi connectivity index (χ3n) is 5.68. The van der Waals surface area contributed by atoms with Crippen molar-refractivity contribution in [2.45, 2.75) is 44.9 Å². The topological polar surface area (TPSA) is 0 Å². The molecule has 0 aliphatic rings. The predicted octanol–water partition coefficient (Wildman–Crippen LogP) is 7.75. The minimum atomic E-state index is 0. The lowest BCUT2D eigenvalue weighted by molar-refractivity contribution is 0.244. The summed E-state index contributed by atoms with van der Waals surface area (Å²) in [6, 6.07) is 33.2. The van der Waals surface area contributed by atoms with E-state index < -0.39 is 0 Å². The normalized spacial score (nSPS) is 11.1. The molecule has 154 valence electrons. The molecule has 0 heterocycles. The van der Waals surface area contributed by atoms with Crippen molar-refractivity contribution in [3.05, 3.63) is 108 Å². The van der Waals surface area contributed by atoms with Crippen molar-refractivity contribution in [2.75, 3.05) is 6.16 Å². The largest absolute Gasteiger partial charge is 0.138 e. The Bertz CT molecular complexity index is 685. The molecular weight excluding hydrogens is 482 g/mol. The Balaban J connectivity index is 0.00000300. The number of halogens is 1. The van der Waals surface area contributed by atoms with E-state index in [4.69, 9.17) is 0 Å². The Kier molecular flexibility index (Phi) is 11.0. The maximum absolute atomic E-state index is 2.87. The van der Waals surface area contributed by atoms with Gasteiger partial charge in [-0.3, -0.25) is 0 Å². The molecule has 0 N–H and O–H groups in total. The molecule has 3 aromatic carbocycles. The Morgan fingerprint density at radius 2 is 0.897 bits per heavy atom. The number of rotatable bonds is 11. The van der Waals surface area contributed by atoms with E-state index >= 15 is 0 Å². The van der Waals surface area contributed by atoms with E-state index in [2.05, 4.69) is 100 Å². The maximum Gasteiger partial charge on any atom is -0.0176 e. The highest BCUT2D eigenvalue weighted by Gasteiger charge is 2.30. The summed E-state index contributed by atoms with van der Waals surface area (Å²) < 4.78 is 0. The minimum absolute atomic E-state index is 0. The first-order valence-corrected chi connectivity index (χ1v) is 11.4. The van der Waals surface area contributed by atoms with Crippen molar-refractivity contribution in [1.29, 1.82) is 0 Å². The second kappa shape index (κ2) is 13.2. The van der Waals surface area contributed by atoms with E-state index in [1.807, 2.05) is 0 Å². The molecule has 0 aromatic heterocycles. The van der Waals surface area contributed by atoms with Crippen molar-refractivity contribution in [3.8, 4) is 0 Å². The first-order chi connectivity index (χ1) is 13.8. The van der Waals surface area contributed by atoms with Gasteiger partial charge in [0.05, 0.1) is 0 Å². The average molecular weight is 516 g/mol. The zero-order chi connectivity index (χ0) is 19.5. The molecule has 0 saturated heterocycles. The fourth-order valence-corrected chi connectivity index (χ4v) is 4.65. The fraction of sp³-hybridized carbons (Fsp3) is 0.333. The van der Waals surface area contributed by atoms with Crippen LogP contribution in [0, 0.1) is 5.41 Å². The minimum Gasteiger partial charge on any atom is -0.138 e. The number of unbranched alkanes of at least 4 members (excludes halogenated alkanes) is 2. The Morgan fingerprint density at radius 1 is 0.517 bits per heavy atom. The van der Waals surface area contributed by atoms with Crippen LogP contribution < -0.4 is 0 Å². The molecule has 0 saturated carbocycles. The van der Waals surface area contributed by atoms with Gasteiger partial charge in [-0.1, -0.05) is 104 Å². The van der Waals surface area contributed by atoms with Crippen molar-refractivity contribution >= 4 is 33.2 Å². The highest BCUT2D eigenvalue weighted by molar-refractivity contribution is 14.0. The van der Waals surface area contributed by atoms with Crippen LogP contribution in [0.4, 0.5) is 0 Å². The summed E-state index contributed by atoms with van der Waals surface area (Å²) in [5.41, 5.74) is 4.63. The molecule has 0 bridgehead atoms. The first kappa shape index (κ1) is 24.1. The molecule has 29 heavy (non-hydrogen) atoms. The van der Waals surface area contributed by atoms with Gasteiger partial charge < -0.3 is 0 Å². The van der Waals surface area contributed by atoms with Crippen LogP contribution >= 0.6 is 33.2 Å². The maximum atomic E-state index is 2.87. The molecule has 0 nitrogen and oxygen atoms in total. The molecule has 0 fully saturated rings. The van der Waals surface area contributed by atoms with Gasteiger partial charge in [-0.15, -0.1) is 33.2 Å². The predicted molar refractivity (Wildman–Crippen MR) is 141 cm³/mol. The Labute approximate surface area is 196 Å². The summed E-state index contributed by atoms with van der Waals surface area (Å²) >= 11 is 0. The van der Waals surface area contributed by atoms with Crippen LogP contribution in [0.15, 0.2) is 91.0 Å². The van der Waals surface area contributed by atoms with Gasteiger partial charge >= 0.3 is 0 Å². The van der Waals surface area contributed by atoms with Gasteiger partial charge in [0, 0.05) is 0 Å². The quantitative estimate of drug-likeness (QED) is 0.139. The lowest BCUT2D eigenvalue weighted by Gasteiger charge is -2.35. The van der Waals surface area contributed by atoms with Crippen LogP contribution in [0.2, 0.25) is 0 Å². The summed E-state index contributed by atoms with van der Waals surface area (Å²) in [5.74, 6) is 0. The van der Waals surface area contributed by atoms with Gasteiger partial charge in [-0.2, -0.15) is 0 Å². The average Bonchev–Trinajstić information content (AvgIpc) is 2.73. The SMILES string of the molecule is I.PCCCCCC(Cc1ccccc1)(Cc1ccccc1)Cc1ccccc1. The van der Waals surface area contributed by atoms with Gasteiger partial charge in [-0.05, 0) is 60.4 Å². The Morgan fingerprint density at radius 3 is 1.24 bits per heavy atom. The van der Waals surface area contributed by atoms with E-state index in [1.54, 1.807) is 0 Å². The summed E-state index contributed by atoms with van der Waals surface area (Å²) in [7, 11) is 2.87. The van der Waals surface area contributed by atoms with Gasteiger partial charge in [0.2, 0.25) is 0 Å². The molecule has 2 heteroatoms. The van der Waals surface area contributed by atoms with E-state index in [0.29, 0.717) is 0 Å². The van der Waals surface area contributed by atoms with Gasteiger partial charge in [0.25, 0.3) is 0 Å². The standard InChI is InChI=1S/C27H33P.HI/c28-20-12-4-11-19-27(21-24-13-5-1-6-14-24,22-25-15-7-2-8-16-25)23-26-17-9-3-10-18-26;/h1-3,5-10,13-18H,4,11-12,19-23,28H2;1H. The lowest BCUT2D eigenvalue weighted by Crippen LogP contribution is -2.30. The van der Waals surface area contributed by atoms with E-state index in [1.165, 1.54) is 48.5 Å². The van der Waals surface area contributed by atoms with Crippen LogP contribution in [0.5, 0.6) is 0 Å². The second-order valence-electron chi connectivity index (χ2n) is 8.09. The second-order valence-corrected chi connectivity index (χ2v) is 8.66. The molecule has 1 unspecified atom stereocenters. The third kappa shape index (κ3) is 8.22. The third-order valence-corrected chi connectivity index (χ3v) is 6.09. The molecule has 0 aliphatic heterocycles. The van der Waals surface area contributed by atoms with Gasteiger partial charge in [-0.25, -0.2) is 0 Å². The van der Waals surface area contributed by atoms with Crippen LogP contribution in [0.3, 0.4) is 0 Å². The van der Waals surface area contributed by atoms with E-state index in [0.717, 1.165) is 19.3 Å². The summed E-state index contributed by atoms with van der Waals surface area (Å²) in [4.78, 5) is 0. The zero-order valence-electron chi connectivity index (χ0n) is 17.3. The number of benzene rings is 3.